The molecule has 0 saturated carbocycles. The molecule has 0 atom stereocenters. The number of thiophene rings is 3. The Hall–Kier alpha value is -1.34. The van der Waals surface area contributed by atoms with Crippen LogP contribution >= 0.6 is 130 Å². The van der Waals surface area contributed by atoms with E-state index in [2.05, 4.69) is 228 Å². The summed E-state index contributed by atoms with van der Waals surface area (Å²) in [4.78, 5) is 2.29. The lowest BCUT2D eigenvalue weighted by atomic mass is 10.1. The molecule has 0 radical (unpaired) electrons. The van der Waals surface area contributed by atoms with Crippen molar-refractivity contribution in [1.29, 1.82) is 0 Å². The van der Waals surface area contributed by atoms with Gasteiger partial charge < -0.3 is 4.90 Å². The van der Waals surface area contributed by atoms with Crippen LogP contribution in [-0.2, 0) is 0 Å². The number of anilines is 3. The summed E-state index contributed by atoms with van der Waals surface area (Å²) in [6.07, 6.45) is 12.8. The Kier molecular flexibility index (Phi) is 11.9. The molecular weight excluding hydrogens is 1020 g/mol. The van der Waals surface area contributed by atoms with Crippen LogP contribution in [0.1, 0.15) is 33.4 Å². The van der Waals surface area contributed by atoms with Gasteiger partial charge >= 0.3 is 0 Å². The Bertz CT molecular complexity index is 1810. The van der Waals surface area contributed by atoms with E-state index in [1.807, 2.05) is 0 Å². The highest BCUT2D eigenvalue weighted by Gasteiger charge is 2.13. The molecule has 46 heavy (non-hydrogen) atoms. The van der Waals surface area contributed by atoms with Gasteiger partial charge in [-0.25, -0.2) is 0 Å². The molecule has 0 spiro atoms. The molecule has 230 valence electrons. The summed E-state index contributed by atoms with van der Waals surface area (Å²) in [5, 5.41) is 0. The highest BCUT2D eigenvalue weighted by Crippen LogP contribution is 2.38. The minimum absolute atomic E-state index is 1.09. The van der Waals surface area contributed by atoms with Crippen molar-refractivity contribution in [2.45, 2.75) is 0 Å². The van der Waals surface area contributed by atoms with E-state index in [0.717, 1.165) is 73.2 Å². The quantitative estimate of drug-likeness (QED) is 0.139. The third kappa shape index (κ3) is 8.81. The molecule has 0 aliphatic heterocycles. The lowest BCUT2D eigenvalue weighted by Gasteiger charge is -2.26. The molecule has 0 unspecified atom stereocenters. The second-order valence-electron chi connectivity index (χ2n) is 9.95. The van der Waals surface area contributed by atoms with E-state index in [1.165, 1.54) is 0 Å². The predicted molar refractivity (Wildman–Crippen MR) is 227 cm³/mol. The van der Waals surface area contributed by atoms with E-state index in [9.17, 15) is 0 Å². The maximum Gasteiger partial charge on any atom is 0.0782 e. The van der Waals surface area contributed by atoms with Gasteiger partial charge in [-0.15, -0.1) is 34.0 Å². The molecule has 0 fully saturated rings. The molecule has 0 aliphatic rings. The predicted octanol–water partition coefficient (Wildman–Crippen LogP) is 16.4. The lowest BCUT2D eigenvalue weighted by molar-refractivity contribution is 1.28. The molecule has 0 saturated heterocycles. The molecule has 1 nitrogen and oxygen atoms in total. The molecule has 0 N–H and O–H groups in total. The van der Waals surface area contributed by atoms with Crippen LogP contribution in [0.15, 0.2) is 114 Å². The molecule has 6 aromatic rings. The zero-order valence-corrected chi connectivity index (χ0v) is 35.5. The largest absolute Gasteiger partial charge is 0.311 e. The van der Waals surface area contributed by atoms with Crippen molar-refractivity contribution in [1.82, 2.24) is 0 Å². The van der Waals surface area contributed by atoms with Crippen LogP contribution in [0.3, 0.4) is 0 Å². The van der Waals surface area contributed by atoms with Gasteiger partial charge in [-0.1, -0.05) is 72.9 Å². The summed E-state index contributed by atoms with van der Waals surface area (Å²) in [5.41, 5.74) is 10.1. The highest BCUT2D eigenvalue weighted by atomic mass is 79.9. The summed E-state index contributed by atoms with van der Waals surface area (Å²) in [7, 11) is 0. The topological polar surface area (TPSA) is 3.24 Å². The van der Waals surface area contributed by atoms with E-state index >= 15 is 0 Å². The fraction of sp³-hybridized carbons (Fsp3) is 0. The Labute approximate surface area is 331 Å². The first-order chi connectivity index (χ1) is 22.2. The van der Waals surface area contributed by atoms with Gasteiger partial charge in [0.15, 0.2) is 0 Å². The maximum atomic E-state index is 3.65. The minimum Gasteiger partial charge on any atom is -0.311 e. The van der Waals surface area contributed by atoms with Gasteiger partial charge in [0.1, 0.15) is 0 Å². The zero-order valence-electron chi connectivity index (χ0n) is 23.6. The molecule has 10 heteroatoms. The molecule has 0 amide bonds. The van der Waals surface area contributed by atoms with Gasteiger partial charge in [0, 0.05) is 33.8 Å². The Balaban J connectivity index is 1.29. The monoisotopic (exact) mass is 1040 g/mol. The Morgan fingerprint density at radius 1 is 0.370 bits per heavy atom. The van der Waals surface area contributed by atoms with Crippen molar-refractivity contribution in [2.75, 3.05) is 4.90 Å². The molecule has 6 rings (SSSR count). The van der Waals surface area contributed by atoms with Crippen LogP contribution in [-0.4, -0.2) is 0 Å². The number of benzene rings is 3. The first kappa shape index (κ1) is 34.5. The average Bonchev–Trinajstić information content (AvgIpc) is 3.67. The molecule has 3 aromatic heterocycles. The third-order valence-electron chi connectivity index (χ3n) is 6.87. The summed E-state index contributed by atoms with van der Waals surface area (Å²) < 4.78 is 6.65. The van der Waals surface area contributed by atoms with Crippen LogP contribution in [0.2, 0.25) is 0 Å². The minimum atomic E-state index is 1.09. The number of nitrogens with zero attached hydrogens (tertiary/aromatic N) is 1. The Morgan fingerprint density at radius 3 is 0.848 bits per heavy atom. The smallest absolute Gasteiger partial charge is 0.0782 e. The fourth-order valence-electron chi connectivity index (χ4n) is 4.61. The van der Waals surface area contributed by atoms with Gasteiger partial charge in [0.2, 0.25) is 0 Å². The van der Waals surface area contributed by atoms with Crippen molar-refractivity contribution in [2.24, 2.45) is 0 Å². The van der Waals surface area contributed by atoms with Crippen molar-refractivity contribution >= 4 is 183 Å². The van der Waals surface area contributed by atoms with E-state index in [-0.39, 0.29) is 0 Å². The average molecular weight is 1040 g/mol. The highest BCUT2D eigenvalue weighted by molar-refractivity contribution is 9.13. The normalized spacial score (nSPS) is 11.9. The van der Waals surface area contributed by atoms with E-state index < -0.39 is 0 Å². The number of rotatable bonds is 9. The zero-order chi connectivity index (χ0) is 32.2. The molecule has 0 bridgehead atoms. The molecule has 3 heterocycles. The molecular formula is C36H21Br6NS3. The van der Waals surface area contributed by atoms with Crippen LogP contribution in [0, 0.1) is 0 Å². The van der Waals surface area contributed by atoms with Crippen molar-refractivity contribution in [3.63, 3.8) is 0 Å². The molecule has 0 aliphatic carbocycles. The summed E-state index contributed by atoms with van der Waals surface area (Å²) >= 11 is 26.7. The van der Waals surface area contributed by atoms with Crippen molar-refractivity contribution < 1.29 is 0 Å². The van der Waals surface area contributed by atoms with Crippen LogP contribution in [0.25, 0.3) is 36.5 Å². The summed E-state index contributed by atoms with van der Waals surface area (Å²) in [6, 6.07) is 32.4. The van der Waals surface area contributed by atoms with Crippen molar-refractivity contribution in [3.05, 3.63) is 147 Å². The van der Waals surface area contributed by atoms with Gasteiger partial charge in [-0.3, -0.25) is 0 Å². The fourth-order valence-corrected chi connectivity index (χ4v) is 12.9. The summed E-state index contributed by atoms with van der Waals surface area (Å²) in [6.45, 7) is 0. The summed E-state index contributed by atoms with van der Waals surface area (Å²) in [5.74, 6) is 0. The SMILES string of the molecule is Brc1cc(/C=C/c2ccc(N(c3ccc(/C=C/c4cc(Br)sc4Br)cc3)c3ccc(/C=C/c4cc(Br)sc4Br)cc3)cc2)c(Br)s1. The second-order valence-corrected chi connectivity index (χ2v) is 21.2. The van der Waals surface area contributed by atoms with E-state index in [0.29, 0.717) is 0 Å². The van der Waals surface area contributed by atoms with E-state index in [4.69, 9.17) is 0 Å². The number of hydrogen-bond acceptors (Lipinski definition) is 4. The molecule has 3 aromatic carbocycles. The standard InChI is InChI=1S/C36H21Br6NS3/c37-31-19-25(34(40)44-31)10-1-22-4-13-28(14-5-22)43(29-15-6-23(7-16-29)2-11-26-20-32(38)45-35(26)41)30-17-8-24(9-18-30)3-12-27-21-33(39)46-36(27)42/h1-21H/b10-1+,11-2+,12-3+. The lowest BCUT2D eigenvalue weighted by Crippen LogP contribution is -2.09. The second kappa shape index (κ2) is 15.9. The van der Waals surface area contributed by atoms with Crippen molar-refractivity contribution in [3.8, 4) is 0 Å². The van der Waals surface area contributed by atoms with Gasteiger partial charge in [-0.05, 0) is 167 Å². The first-order valence-electron chi connectivity index (χ1n) is 13.7. The first-order valence-corrected chi connectivity index (χ1v) is 20.9. The van der Waals surface area contributed by atoms with Crippen LogP contribution in [0.4, 0.5) is 17.1 Å². The maximum absolute atomic E-state index is 3.65. The van der Waals surface area contributed by atoms with Gasteiger partial charge in [-0.2, -0.15) is 0 Å². The van der Waals surface area contributed by atoms with E-state index in [1.54, 1.807) is 34.0 Å². The van der Waals surface area contributed by atoms with Crippen LogP contribution in [0.5, 0.6) is 0 Å². The van der Waals surface area contributed by atoms with Crippen LogP contribution < -0.4 is 4.90 Å². The third-order valence-corrected chi connectivity index (χ3v) is 14.0. The van der Waals surface area contributed by atoms with Gasteiger partial charge in [0.05, 0.1) is 22.7 Å². The number of hydrogen-bond donors (Lipinski definition) is 0. The Morgan fingerprint density at radius 2 is 0.630 bits per heavy atom. The number of halogens is 6. The van der Waals surface area contributed by atoms with Gasteiger partial charge in [0.25, 0.3) is 0 Å².